The van der Waals surface area contributed by atoms with Crippen LogP contribution in [0.25, 0.3) is 0 Å². The smallest absolute Gasteiger partial charge is 0.0759 e. The maximum atomic E-state index is 11.3. The summed E-state index contributed by atoms with van der Waals surface area (Å²) in [7, 11) is 4.24. The number of likely N-dealkylation sites (N-methyl/N-ethyl adjacent to an activating group) is 1. The lowest BCUT2D eigenvalue weighted by molar-refractivity contribution is -0.0869. The molecule has 2 aliphatic carbocycles. The number of benzene rings is 1. The second-order valence-corrected chi connectivity index (χ2v) is 6.75. The predicted molar refractivity (Wildman–Crippen MR) is 85.7 cm³/mol. The summed E-state index contributed by atoms with van der Waals surface area (Å²) in [4.78, 5) is 2.24. The van der Waals surface area contributed by atoms with Gasteiger partial charge >= 0.3 is 0 Å². The fourth-order valence-electron chi connectivity index (χ4n) is 4.31. The number of hydrogen-bond donors (Lipinski definition) is 1. The minimum Gasteiger partial charge on any atom is -0.389 e. The molecule has 1 atom stereocenters. The third-order valence-electron chi connectivity index (χ3n) is 5.18. The Hall–Kier alpha value is -0.570. The lowest BCUT2D eigenvalue weighted by Gasteiger charge is -2.57. The van der Waals surface area contributed by atoms with E-state index in [4.69, 9.17) is 0 Å². The Balaban J connectivity index is 0.00000147. The summed E-state index contributed by atoms with van der Waals surface area (Å²) in [5, 5.41) is 11.3. The first-order chi connectivity index (χ1) is 9.07. The first kappa shape index (κ1) is 15.8. The van der Waals surface area contributed by atoms with Gasteiger partial charge in [-0.2, -0.15) is 0 Å². The molecule has 2 nitrogen and oxygen atoms in total. The van der Waals surface area contributed by atoms with Gasteiger partial charge in [0.2, 0.25) is 0 Å². The average molecular weight is 296 g/mol. The zero-order valence-electron chi connectivity index (χ0n) is 12.6. The maximum Gasteiger partial charge on any atom is 0.0759 e. The Labute approximate surface area is 128 Å². The topological polar surface area (TPSA) is 23.5 Å². The molecule has 0 heterocycles. The summed E-state index contributed by atoms with van der Waals surface area (Å²) in [5.41, 5.74) is 2.30. The van der Waals surface area contributed by atoms with Crippen molar-refractivity contribution in [1.82, 2.24) is 4.90 Å². The first-order valence-electron chi connectivity index (χ1n) is 7.53. The van der Waals surface area contributed by atoms with E-state index in [0.29, 0.717) is 0 Å². The summed E-state index contributed by atoms with van der Waals surface area (Å²) in [6.45, 7) is 0.959. The van der Waals surface area contributed by atoms with Gasteiger partial charge in [-0.15, -0.1) is 12.4 Å². The SMILES string of the molecule is CN(C)CC1(C2(O)CCCCC2)Cc2ccccc21.Cl. The molecule has 0 aliphatic heterocycles. The summed E-state index contributed by atoms with van der Waals surface area (Å²) in [6, 6.07) is 8.68. The van der Waals surface area contributed by atoms with Gasteiger partial charge < -0.3 is 10.0 Å². The number of rotatable bonds is 3. The van der Waals surface area contributed by atoms with Crippen molar-refractivity contribution >= 4 is 12.4 Å². The molecule has 3 heteroatoms. The molecule has 1 saturated carbocycles. The van der Waals surface area contributed by atoms with Crippen molar-refractivity contribution in [2.75, 3.05) is 20.6 Å². The van der Waals surface area contributed by atoms with Gasteiger partial charge in [0.05, 0.1) is 5.60 Å². The Bertz CT molecular complexity index is 468. The van der Waals surface area contributed by atoms with Crippen LogP contribution >= 0.6 is 12.4 Å². The minimum absolute atomic E-state index is 0. The molecule has 0 aromatic heterocycles. The highest BCUT2D eigenvalue weighted by Crippen LogP contribution is 2.53. The molecule has 0 saturated heterocycles. The van der Waals surface area contributed by atoms with Gasteiger partial charge in [0, 0.05) is 12.0 Å². The van der Waals surface area contributed by atoms with E-state index in [9.17, 15) is 5.11 Å². The molecular weight excluding hydrogens is 270 g/mol. The van der Waals surface area contributed by atoms with Gasteiger partial charge in [0.25, 0.3) is 0 Å². The zero-order valence-corrected chi connectivity index (χ0v) is 13.4. The van der Waals surface area contributed by atoms with Crippen molar-refractivity contribution in [3.63, 3.8) is 0 Å². The molecule has 0 bridgehead atoms. The van der Waals surface area contributed by atoms with Crippen molar-refractivity contribution in [3.8, 4) is 0 Å². The molecule has 1 aromatic carbocycles. The van der Waals surface area contributed by atoms with Crippen molar-refractivity contribution in [2.45, 2.75) is 49.5 Å². The highest BCUT2D eigenvalue weighted by Gasteiger charge is 2.56. The van der Waals surface area contributed by atoms with Crippen LogP contribution < -0.4 is 0 Å². The van der Waals surface area contributed by atoms with Gasteiger partial charge in [-0.1, -0.05) is 43.5 Å². The van der Waals surface area contributed by atoms with Gasteiger partial charge in [-0.05, 0) is 44.5 Å². The molecule has 20 heavy (non-hydrogen) atoms. The van der Waals surface area contributed by atoms with Crippen LogP contribution in [0.15, 0.2) is 24.3 Å². The predicted octanol–water partition coefficient (Wildman–Crippen LogP) is 3.16. The van der Waals surface area contributed by atoms with E-state index in [-0.39, 0.29) is 17.8 Å². The second kappa shape index (κ2) is 5.67. The molecule has 0 amide bonds. The molecule has 0 spiro atoms. The monoisotopic (exact) mass is 295 g/mol. The van der Waals surface area contributed by atoms with Crippen LogP contribution in [-0.2, 0) is 11.8 Å². The summed E-state index contributed by atoms with van der Waals surface area (Å²) in [5.74, 6) is 0. The molecule has 3 rings (SSSR count). The molecule has 0 radical (unpaired) electrons. The fraction of sp³-hybridized carbons (Fsp3) is 0.647. The standard InChI is InChI=1S/C17H25NO.ClH/c1-18(2)13-16(17(19)10-6-3-7-11-17)12-14-8-4-5-9-15(14)16;/h4-5,8-9,19H,3,6-7,10-13H2,1-2H3;1H. The summed E-state index contributed by atoms with van der Waals surface area (Å²) in [6.07, 6.45) is 6.60. The molecule has 2 aliphatic rings. The fourth-order valence-corrected chi connectivity index (χ4v) is 4.31. The van der Waals surface area contributed by atoms with Crippen molar-refractivity contribution in [2.24, 2.45) is 0 Å². The lowest BCUT2D eigenvalue weighted by Crippen LogP contribution is -2.63. The van der Waals surface area contributed by atoms with E-state index >= 15 is 0 Å². The van der Waals surface area contributed by atoms with E-state index in [0.717, 1.165) is 25.8 Å². The van der Waals surface area contributed by atoms with Crippen LogP contribution in [0.1, 0.15) is 43.2 Å². The average Bonchev–Trinajstić information content (AvgIpc) is 2.36. The largest absolute Gasteiger partial charge is 0.389 e. The van der Waals surface area contributed by atoms with Crippen LogP contribution in [0.5, 0.6) is 0 Å². The first-order valence-corrected chi connectivity index (χ1v) is 7.53. The minimum atomic E-state index is -0.496. The third-order valence-corrected chi connectivity index (χ3v) is 5.18. The Morgan fingerprint density at radius 1 is 1.10 bits per heavy atom. The van der Waals surface area contributed by atoms with Crippen LogP contribution in [0.4, 0.5) is 0 Å². The van der Waals surface area contributed by atoms with Crippen molar-refractivity contribution < 1.29 is 5.11 Å². The molecular formula is C17H26ClNO. The number of fused-ring (bicyclic) bond motifs is 1. The zero-order chi connectivity index (χ0) is 13.5. The molecule has 112 valence electrons. The van der Waals surface area contributed by atoms with E-state index in [1.807, 2.05) is 0 Å². The Morgan fingerprint density at radius 3 is 2.35 bits per heavy atom. The van der Waals surface area contributed by atoms with Crippen LogP contribution in [0.2, 0.25) is 0 Å². The van der Waals surface area contributed by atoms with Crippen LogP contribution in [-0.4, -0.2) is 36.2 Å². The molecule has 1 fully saturated rings. The van der Waals surface area contributed by atoms with Crippen molar-refractivity contribution in [1.29, 1.82) is 0 Å². The van der Waals surface area contributed by atoms with Crippen molar-refractivity contribution in [3.05, 3.63) is 35.4 Å². The third kappa shape index (κ3) is 2.28. The Kier molecular flexibility index (Phi) is 4.48. The second-order valence-electron chi connectivity index (χ2n) is 6.75. The van der Waals surface area contributed by atoms with Crippen LogP contribution in [0.3, 0.4) is 0 Å². The molecule has 1 N–H and O–H groups in total. The number of nitrogens with zero attached hydrogens (tertiary/aromatic N) is 1. The lowest BCUT2D eigenvalue weighted by atomic mass is 9.52. The highest BCUT2D eigenvalue weighted by atomic mass is 35.5. The number of halogens is 1. The van der Waals surface area contributed by atoms with E-state index in [1.54, 1.807) is 0 Å². The Morgan fingerprint density at radius 2 is 1.75 bits per heavy atom. The summed E-state index contributed by atoms with van der Waals surface area (Å²) >= 11 is 0. The van der Waals surface area contributed by atoms with E-state index in [2.05, 4.69) is 43.3 Å². The quantitative estimate of drug-likeness (QED) is 0.926. The molecule has 1 aromatic rings. The highest BCUT2D eigenvalue weighted by molar-refractivity contribution is 5.85. The maximum absolute atomic E-state index is 11.3. The van der Waals surface area contributed by atoms with E-state index in [1.165, 1.54) is 30.4 Å². The van der Waals surface area contributed by atoms with E-state index < -0.39 is 5.60 Å². The van der Waals surface area contributed by atoms with Gasteiger partial charge in [-0.3, -0.25) is 0 Å². The van der Waals surface area contributed by atoms with Gasteiger partial charge in [0.15, 0.2) is 0 Å². The van der Waals surface area contributed by atoms with Gasteiger partial charge in [0.1, 0.15) is 0 Å². The number of hydrogen-bond acceptors (Lipinski definition) is 2. The molecule has 1 unspecified atom stereocenters. The number of aliphatic hydroxyl groups is 1. The normalized spacial score (nSPS) is 27.4. The van der Waals surface area contributed by atoms with Gasteiger partial charge in [-0.25, -0.2) is 0 Å². The van der Waals surface area contributed by atoms with Crippen LogP contribution in [0, 0.1) is 0 Å². The summed E-state index contributed by atoms with van der Waals surface area (Å²) < 4.78 is 0.